The molecule has 0 saturated carbocycles. The van der Waals surface area contributed by atoms with Crippen LogP contribution in [0.3, 0.4) is 0 Å². The fraction of sp³-hybridized carbons (Fsp3) is 0.556. The number of halogens is 1. The van der Waals surface area contributed by atoms with Gasteiger partial charge in [-0.25, -0.2) is 4.98 Å². The second kappa shape index (κ2) is 4.09. The Morgan fingerprint density at radius 1 is 1.67 bits per heavy atom. The standard InChI is InChI=1S/C9H13IN4O/c1-9(2-3-11-4-9)14-7-6(10)8(15)13-5-12-7/h5,11H,2-4H2,1H3,(H2,12,13,14,15). The Morgan fingerprint density at radius 3 is 3.13 bits per heavy atom. The van der Waals surface area contributed by atoms with Crippen molar-refractivity contribution in [2.45, 2.75) is 18.9 Å². The van der Waals surface area contributed by atoms with Gasteiger partial charge in [0.1, 0.15) is 9.39 Å². The average molecular weight is 320 g/mol. The summed E-state index contributed by atoms with van der Waals surface area (Å²) in [5.41, 5.74) is -0.0941. The van der Waals surface area contributed by atoms with Crippen LogP contribution in [0.1, 0.15) is 13.3 Å². The maximum Gasteiger partial charge on any atom is 0.266 e. The highest BCUT2D eigenvalue weighted by atomic mass is 127. The molecule has 3 N–H and O–H groups in total. The Labute approximate surface area is 101 Å². The number of H-pyrrole nitrogens is 1. The van der Waals surface area contributed by atoms with Gasteiger partial charge in [-0.05, 0) is 42.5 Å². The normalized spacial score (nSPS) is 25.5. The molecule has 0 aromatic carbocycles. The smallest absolute Gasteiger partial charge is 0.266 e. The third-order valence-electron chi connectivity index (χ3n) is 2.59. The van der Waals surface area contributed by atoms with Crippen LogP contribution in [0.4, 0.5) is 5.82 Å². The minimum Gasteiger partial charge on any atom is -0.362 e. The minimum atomic E-state index is -0.0948. The summed E-state index contributed by atoms with van der Waals surface area (Å²) in [5, 5.41) is 6.61. The first kappa shape index (κ1) is 10.9. The van der Waals surface area contributed by atoms with E-state index in [2.05, 4.69) is 27.5 Å². The lowest BCUT2D eigenvalue weighted by Gasteiger charge is -2.25. The maximum atomic E-state index is 11.4. The summed E-state index contributed by atoms with van der Waals surface area (Å²) in [4.78, 5) is 18.1. The molecule has 0 bridgehead atoms. The van der Waals surface area contributed by atoms with E-state index in [0.29, 0.717) is 9.39 Å². The molecule has 82 valence electrons. The first-order valence-corrected chi connectivity index (χ1v) is 5.91. The molecule has 2 rings (SSSR count). The maximum absolute atomic E-state index is 11.4. The Balaban J connectivity index is 2.24. The third-order valence-corrected chi connectivity index (χ3v) is 3.59. The van der Waals surface area contributed by atoms with Gasteiger partial charge in [0.2, 0.25) is 0 Å². The van der Waals surface area contributed by atoms with Gasteiger partial charge in [0.25, 0.3) is 5.56 Å². The zero-order valence-electron chi connectivity index (χ0n) is 8.43. The van der Waals surface area contributed by atoms with E-state index in [4.69, 9.17) is 0 Å². The average Bonchev–Trinajstić information content (AvgIpc) is 2.60. The van der Waals surface area contributed by atoms with Gasteiger partial charge in [0, 0.05) is 12.1 Å². The SMILES string of the molecule is CC1(Nc2nc[nH]c(=O)c2I)CCNC1. The Morgan fingerprint density at radius 2 is 2.47 bits per heavy atom. The van der Waals surface area contributed by atoms with E-state index in [-0.39, 0.29) is 11.1 Å². The summed E-state index contributed by atoms with van der Waals surface area (Å²) >= 11 is 2.01. The summed E-state index contributed by atoms with van der Waals surface area (Å²) in [7, 11) is 0. The number of nitrogens with one attached hydrogen (secondary N) is 3. The molecule has 1 aromatic heterocycles. The monoisotopic (exact) mass is 320 g/mol. The first-order valence-electron chi connectivity index (χ1n) is 4.83. The van der Waals surface area contributed by atoms with Crippen LogP contribution < -0.4 is 16.2 Å². The zero-order chi connectivity index (χ0) is 10.9. The molecule has 1 fully saturated rings. The van der Waals surface area contributed by atoms with Crippen LogP contribution in [-0.4, -0.2) is 28.6 Å². The topological polar surface area (TPSA) is 69.8 Å². The molecule has 6 heteroatoms. The van der Waals surface area contributed by atoms with E-state index in [1.165, 1.54) is 6.33 Å². The molecular weight excluding hydrogens is 307 g/mol. The van der Waals surface area contributed by atoms with Crippen molar-refractivity contribution < 1.29 is 0 Å². The lowest BCUT2D eigenvalue weighted by molar-refractivity contribution is 0.563. The van der Waals surface area contributed by atoms with Crippen molar-refractivity contribution in [3.63, 3.8) is 0 Å². The van der Waals surface area contributed by atoms with E-state index < -0.39 is 0 Å². The second-order valence-electron chi connectivity index (χ2n) is 4.01. The van der Waals surface area contributed by atoms with Crippen LogP contribution in [0, 0.1) is 3.57 Å². The molecule has 1 aliphatic rings. The third kappa shape index (κ3) is 2.31. The van der Waals surface area contributed by atoms with Crippen molar-refractivity contribution >= 4 is 28.4 Å². The number of aromatic nitrogens is 2. The molecule has 0 radical (unpaired) electrons. The molecular formula is C9H13IN4O. The lowest BCUT2D eigenvalue weighted by Crippen LogP contribution is -2.38. The van der Waals surface area contributed by atoms with Gasteiger partial charge in [-0.3, -0.25) is 4.79 Å². The number of aromatic amines is 1. The number of nitrogens with zero attached hydrogens (tertiary/aromatic N) is 1. The molecule has 1 saturated heterocycles. The van der Waals surface area contributed by atoms with Gasteiger partial charge >= 0.3 is 0 Å². The van der Waals surface area contributed by atoms with E-state index in [9.17, 15) is 4.79 Å². The Bertz CT molecular complexity index is 411. The number of anilines is 1. The van der Waals surface area contributed by atoms with Crippen molar-refractivity contribution in [3.05, 3.63) is 20.3 Å². The van der Waals surface area contributed by atoms with Gasteiger partial charge in [-0.1, -0.05) is 0 Å². The van der Waals surface area contributed by atoms with Gasteiger partial charge in [-0.2, -0.15) is 0 Å². The van der Waals surface area contributed by atoms with Gasteiger partial charge in [0.05, 0.1) is 6.33 Å². The zero-order valence-corrected chi connectivity index (χ0v) is 10.6. The molecule has 1 aliphatic heterocycles. The molecule has 1 atom stereocenters. The van der Waals surface area contributed by atoms with Crippen LogP contribution >= 0.6 is 22.6 Å². The fourth-order valence-corrected chi connectivity index (χ4v) is 2.11. The fourth-order valence-electron chi connectivity index (χ4n) is 1.68. The highest BCUT2D eigenvalue weighted by molar-refractivity contribution is 14.1. The van der Waals surface area contributed by atoms with E-state index in [0.717, 1.165) is 19.5 Å². The summed E-state index contributed by atoms with van der Waals surface area (Å²) in [6.45, 7) is 4.03. The molecule has 1 unspecified atom stereocenters. The summed E-state index contributed by atoms with van der Waals surface area (Å²) in [5.74, 6) is 0.672. The molecule has 15 heavy (non-hydrogen) atoms. The van der Waals surface area contributed by atoms with Crippen molar-refractivity contribution in [2.24, 2.45) is 0 Å². The van der Waals surface area contributed by atoms with Gasteiger partial charge < -0.3 is 15.6 Å². The Hall–Kier alpha value is -0.630. The van der Waals surface area contributed by atoms with Crippen LogP contribution in [0.15, 0.2) is 11.1 Å². The van der Waals surface area contributed by atoms with Crippen LogP contribution in [0.25, 0.3) is 0 Å². The molecule has 0 spiro atoms. The second-order valence-corrected chi connectivity index (χ2v) is 5.09. The largest absolute Gasteiger partial charge is 0.362 e. The summed E-state index contributed by atoms with van der Waals surface area (Å²) in [6, 6.07) is 0. The predicted octanol–water partition coefficient (Wildman–Crippen LogP) is 0.538. The molecule has 0 amide bonds. The number of hydrogen-bond donors (Lipinski definition) is 3. The van der Waals surface area contributed by atoms with Gasteiger partial charge in [-0.15, -0.1) is 0 Å². The van der Waals surface area contributed by atoms with Gasteiger partial charge in [0.15, 0.2) is 0 Å². The molecule has 2 heterocycles. The first-order chi connectivity index (χ1) is 7.11. The minimum absolute atomic E-state index is 0.000709. The predicted molar refractivity (Wildman–Crippen MR) is 67.1 cm³/mol. The summed E-state index contributed by atoms with van der Waals surface area (Å²) in [6.07, 6.45) is 2.47. The quantitative estimate of drug-likeness (QED) is 0.696. The van der Waals surface area contributed by atoms with E-state index in [1.54, 1.807) is 0 Å². The van der Waals surface area contributed by atoms with Crippen molar-refractivity contribution in [3.8, 4) is 0 Å². The van der Waals surface area contributed by atoms with E-state index in [1.807, 2.05) is 22.6 Å². The van der Waals surface area contributed by atoms with Crippen LogP contribution in [0.2, 0.25) is 0 Å². The number of rotatable bonds is 2. The highest BCUT2D eigenvalue weighted by Crippen LogP contribution is 2.21. The van der Waals surface area contributed by atoms with Crippen molar-refractivity contribution in [1.29, 1.82) is 0 Å². The molecule has 5 nitrogen and oxygen atoms in total. The number of hydrogen-bond acceptors (Lipinski definition) is 4. The lowest BCUT2D eigenvalue weighted by atomic mass is 10.0. The van der Waals surface area contributed by atoms with Crippen LogP contribution in [-0.2, 0) is 0 Å². The Kier molecular flexibility index (Phi) is 2.96. The van der Waals surface area contributed by atoms with Crippen molar-refractivity contribution in [2.75, 3.05) is 18.4 Å². The molecule has 1 aromatic rings. The summed E-state index contributed by atoms with van der Waals surface area (Å²) < 4.78 is 0.614. The highest BCUT2D eigenvalue weighted by Gasteiger charge is 2.29. The van der Waals surface area contributed by atoms with E-state index >= 15 is 0 Å². The molecule has 0 aliphatic carbocycles. The van der Waals surface area contributed by atoms with Crippen LogP contribution in [0.5, 0.6) is 0 Å². The van der Waals surface area contributed by atoms with Crippen molar-refractivity contribution in [1.82, 2.24) is 15.3 Å².